The molecule has 0 heterocycles. The lowest BCUT2D eigenvalue weighted by molar-refractivity contribution is 0.301. The number of hydrogen-bond donors (Lipinski definition) is 0. The van der Waals surface area contributed by atoms with E-state index >= 15 is 0 Å². The van der Waals surface area contributed by atoms with Gasteiger partial charge in [-0.25, -0.2) is 0 Å². The van der Waals surface area contributed by atoms with Crippen LogP contribution < -0.4 is 9.47 Å². The van der Waals surface area contributed by atoms with Crippen molar-refractivity contribution < 1.29 is 9.47 Å². The smallest absolute Gasteiger partial charge is 0.127 e. The van der Waals surface area contributed by atoms with Crippen molar-refractivity contribution in [1.29, 1.82) is 0 Å². The summed E-state index contributed by atoms with van der Waals surface area (Å²) < 4.78 is 13.2. The summed E-state index contributed by atoms with van der Waals surface area (Å²) in [4.78, 5) is 0. The zero-order valence-electron chi connectivity index (χ0n) is 26.5. The van der Waals surface area contributed by atoms with E-state index in [0.29, 0.717) is 0 Å². The molecule has 0 aromatic heterocycles. The highest BCUT2D eigenvalue weighted by atomic mass is 16.5. The lowest BCUT2D eigenvalue weighted by Crippen LogP contribution is -2.02. The van der Waals surface area contributed by atoms with Gasteiger partial charge in [-0.3, -0.25) is 0 Å². The van der Waals surface area contributed by atoms with E-state index in [-0.39, 0.29) is 0 Å². The Morgan fingerprint density at radius 1 is 0.381 bits per heavy atom. The third-order valence-electron chi connectivity index (χ3n) is 8.54. The highest BCUT2D eigenvalue weighted by Crippen LogP contribution is 2.45. The first-order chi connectivity index (χ1) is 20.8. The van der Waals surface area contributed by atoms with E-state index in [4.69, 9.17) is 9.47 Å². The molecule has 0 amide bonds. The van der Waals surface area contributed by atoms with Crippen LogP contribution in [-0.2, 0) is 0 Å². The first-order valence-electron chi connectivity index (χ1n) is 17.1. The second-order valence-corrected chi connectivity index (χ2v) is 12.0. The molecule has 42 heavy (non-hydrogen) atoms. The Bertz CT molecular complexity index is 1220. The van der Waals surface area contributed by atoms with Crippen molar-refractivity contribution in [3.63, 3.8) is 0 Å². The van der Waals surface area contributed by atoms with E-state index in [1.807, 2.05) is 0 Å². The van der Waals surface area contributed by atoms with Gasteiger partial charge in [0.15, 0.2) is 0 Å². The van der Waals surface area contributed by atoms with Crippen LogP contribution in [0, 0.1) is 0 Å². The van der Waals surface area contributed by atoms with E-state index in [9.17, 15) is 0 Å². The number of unbranched alkanes of at least 4 members (excludes halogenated alkanes) is 14. The van der Waals surface area contributed by atoms with Crippen LogP contribution in [0.4, 0.5) is 0 Å². The molecule has 0 aliphatic rings. The molecule has 4 aromatic carbocycles. The molecule has 2 nitrogen and oxygen atoms in total. The van der Waals surface area contributed by atoms with Gasteiger partial charge in [-0.1, -0.05) is 164 Å². The van der Waals surface area contributed by atoms with Crippen LogP contribution >= 0.6 is 0 Å². The summed E-state index contributed by atoms with van der Waals surface area (Å²) in [6, 6.07) is 26.1. The maximum absolute atomic E-state index is 6.59. The zero-order chi connectivity index (χ0) is 29.2. The third-order valence-corrected chi connectivity index (χ3v) is 8.54. The molecule has 0 radical (unpaired) electrons. The fourth-order valence-corrected chi connectivity index (χ4v) is 6.10. The second kappa shape index (κ2) is 18.5. The largest absolute Gasteiger partial charge is 0.493 e. The van der Waals surface area contributed by atoms with Gasteiger partial charge in [0.1, 0.15) is 11.5 Å². The Labute approximate surface area is 255 Å². The molecule has 0 saturated carbocycles. The maximum atomic E-state index is 6.59. The standard InChI is InChI=1S/C40H54O2/c1-3-5-7-9-11-13-15-21-31-41-37-29-27-33-23-17-19-25-35(33)39(37)40-36-26-20-18-24-34(36)28-30-38(40)42-32-22-16-14-12-10-8-6-4-2/h17-20,23-30H,3-16,21-22,31-32H2,1-2H3. The van der Waals surface area contributed by atoms with Gasteiger partial charge < -0.3 is 9.47 Å². The molecule has 0 aliphatic heterocycles. The first-order valence-corrected chi connectivity index (χ1v) is 17.1. The number of fused-ring (bicyclic) bond motifs is 2. The number of ether oxygens (including phenoxy) is 2. The summed E-state index contributed by atoms with van der Waals surface area (Å²) in [7, 11) is 0. The van der Waals surface area contributed by atoms with Crippen molar-refractivity contribution in [3.8, 4) is 22.6 Å². The van der Waals surface area contributed by atoms with Crippen molar-refractivity contribution in [2.75, 3.05) is 13.2 Å². The van der Waals surface area contributed by atoms with E-state index < -0.39 is 0 Å². The van der Waals surface area contributed by atoms with Gasteiger partial charge in [0.25, 0.3) is 0 Å². The van der Waals surface area contributed by atoms with Gasteiger partial charge >= 0.3 is 0 Å². The first kappa shape index (κ1) is 31.9. The summed E-state index contributed by atoms with van der Waals surface area (Å²) in [5, 5.41) is 4.90. The van der Waals surface area contributed by atoms with Crippen molar-refractivity contribution in [1.82, 2.24) is 0 Å². The second-order valence-electron chi connectivity index (χ2n) is 12.0. The Kier molecular flexibility index (Phi) is 14.1. The molecule has 0 atom stereocenters. The number of rotatable bonds is 21. The van der Waals surface area contributed by atoms with E-state index in [0.717, 1.165) is 48.7 Å². The predicted molar refractivity (Wildman–Crippen MR) is 183 cm³/mol. The summed E-state index contributed by atoms with van der Waals surface area (Å²) in [5.74, 6) is 1.93. The Morgan fingerprint density at radius 3 is 1.14 bits per heavy atom. The van der Waals surface area contributed by atoms with Crippen LogP contribution in [0.15, 0.2) is 72.8 Å². The molecule has 4 rings (SSSR count). The summed E-state index contributed by atoms with van der Waals surface area (Å²) in [6.07, 6.45) is 20.8. The van der Waals surface area contributed by atoms with Crippen LogP contribution in [0.1, 0.15) is 117 Å². The number of hydrogen-bond acceptors (Lipinski definition) is 2. The lowest BCUT2D eigenvalue weighted by atomic mass is 9.92. The molecule has 226 valence electrons. The summed E-state index contributed by atoms with van der Waals surface area (Å²) >= 11 is 0. The molecular formula is C40H54O2. The molecule has 0 N–H and O–H groups in total. The van der Waals surface area contributed by atoms with E-state index in [2.05, 4.69) is 86.6 Å². The van der Waals surface area contributed by atoms with Crippen molar-refractivity contribution in [3.05, 3.63) is 72.8 Å². The van der Waals surface area contributed by atoms with Gasteiger partial charge in [0.2, 0.25) is 0 Å². The maximum Gasteiger partial charge on any atom is 0.127 e. The van der Waals surface area contributed by atoms with Crippen LogP contribution in [-0.4, -0.2) is 13.2 Å². The van der Waals surface area contributed by atoms with Crippen LogP contribution in [0.3, 0.4) is 0 Å². The molecule has 0 fully saturated rings. The Hall–Kier alpha value is -3.00. The highest BCUT2D eigenvalue weighted by molar-refractivity contribution is 6.09. The minimum absolute atomic E-state index is 0.750. The van der Waals surface area contributed by atoms with Crippen LogP contribution in [0.5, 0.6) is 11.5 Å². The molecule has 0 aliphatic carbocycles. The average molecular weight is 567 g/mol. The molecule has 0 bridgehead atoms. The molecule has 0 spiro atoms. The minimum atomic E-state index is 0.750. The van der Waals surface area contributed by atoms with Crippen LogP contribution in [0.25, 0.3) is 32.7 Å². The SMILES string of the molecule is CCCCCCCCCCOc1ccc2ccccc2c1-c1c(OCCCCCCCCCC)ccc2ccccc12. The van der Waals surface area contributed by atoms with Gasteiger partial charge in [-0.05, 0) is 46.5 Å². The fraction of sp³-hybridized carbons (Fsp3) is 0.500. The van der Waals surface area contributed by atoms with Crippen LogP contribution in [0.2, 0.25) is 0 Å². The van der Waals surface area contributed by atoms with Gasteiger partial charge in [-0.15, -0.1) is 0 Å². The number of benzene rings is 4. The average Bonchev–Trinajstić information content (AvgIpc) is 3.03. The molecular weight excluding hydrogens is 512 g/mol. The molecule has 2 heteroatoms. The summed E-state index contributed by atoms with van der Waals surface area (Å²) in [6.45, 7) is 6.06. The normalized spacial score (nSPS) is 11.4. The van der Waals surface area contributed by atoms with Crippen molar-refractivity contribution >= 4 is 21.5 Å². The quantitative estimate of drug-likeness (QED) is 0.0934. The van der Waals surface area contributed by atoms with Gasteiger partial charge in [-0.2, -0.15) is 0 Å². The molecule has 0 unspecified atom stereocenters. The van der Waals surface area contributed by atoms with E-state index in [1.54, 1.807) is 0 Å². The van der Waals surface area contributed by atoms with Crippen molar-refractivity contribution in [2.45, 2.75) is 117 Å². The molecule has 4 aromatic rings. The molecule has 0 saturated heterocycles. The van der Waals surface area contributed by atoms with Gasteiger partial charge in [0, 0.05) is 11.1 Å². The van der Waals surface area contributed by atoms with Gasteiger partial charge in [0.05, 0.1) is 13.2 Å². The fourth-order valence-electron chi connectivity index (χ4n) is 6.10. The lowest BCUT2D eigenvalue weighted by Gasteiger charge is -2.20. The topological polar surface area (TPSA) is 18.5 Å². The summed E-state index contributed by atoms with van der Waals surface area (Å²) in [5.41, 5.74) is 2.32. The minimum Gasteiger partial charge on any atom is -0.493 e. The zero-order valence-corrected chi connectivity index (χ0v) is 26.5. The third kappa shape index (κ3) is 9.51. The highest BCUT2D eigenvalue weighted by Gasteiger charge is 2.19. The Balaban J connectivity index is 1.51. The van der Waals surface area contributed by atoms with Crippen molar-refractivity contribution in [2.24, 2.45) is 0 Å². The predicted octanol–water partition coefficient (Wildman–Crippen LogP) is 12.7. The Morgan fingerprint density at radius 2 is 0.738 bits per heavy atom. The van der Waals surface area contributed by atoms with E-state index in [1.165, 1.54) is 111 Å². The monoisotopic (exact) mass is 566 g/mol.